The summed E-state index contributed by atoms with van der Waals surface area (Å²) in [5.41, 5.74) is 3.01. The maximum absolute atomic E-state index is 13.2. The Bertz CT molecular complexity index is 928. The number of fused-ring (bicyclic) bond motifs is 6. The summed E-state index contributed by atoms with van der Waals surface area (Å²) in [7, 11) is 0. The maximum Gasteiger partial charge on any atom is 0.160 e. The molecule has 0 atom stereocenters. The zero-order chi connectivity index (χ0) is 15.4. The van der Waals surface area contributed by atoms with Crippen molar-refractivity contribution < 1.29 is 4.39 Å². The minimum absolute atomic E-state index is 0.247. The van der Waals surface area contributed by atoms with Crippen LogP contribution < -0.4 is 10.0 Å². The molecular weight excluding hydrogens is 293 g/mol. The van der Waals surface area contributed by atoms with Gasteiger partial charge in [0.25, 0.3) is 0 Å². The third-order valence-electron chi connectivity index (χ3n) is 4.16. The van der Waals surface area contributed by atoms with Crippen LogP contribution >= 0.6 is 0 Å². The topological polar surface area (TPSA) is 36.7 Å². The zero-order valence-electron chi connectivity index (χ0n) is 12.1. The van der Waals surface area contributed by atoms with Crippen LogP contribution in [-0.4, -0.2) is 22.1 Å². The standard InChI is InChI=1S/C17H12FN5/c18-12-5-7-13(8-6-12)22-11-20-17-14-3-1-2-4-15(14)21-10-19-9-16(21)23(17)22/h1-10H,11H2. The normalized spacial score (nSPS) is 15.1. The van der Waals surface area contributed by atoms with E-state index in [-0.39, 0.29) is 5.82 Å². The van der Waals surface area contributed by atoms with Crippen LogP contribution in [0.4, 0.5) is 15.9 Å². The maximum atomic E-state index is 13.2. The summed E-state index contributed by atoms with van der Waals surface area (Å²) < 4.78 is 15.3. The van der Waals surface area contributed by atoms with Crippen molar-refractivity contribution in [1.82, 2.24) is 9.55 Å². The zero-order valence-corrected chi connectivity index (χ0v) is 12.1. The summed E-state index contributed by atoms with van der Waals surface area (Å²) in [5, 5.41) is 4.04. The molecule has 0 amide bonds. The summed E-state index contributed by atoms with van der Waals surface area (Å²) in [6.45, 7) is 0.487. The smallest absolute Gasteiger partial charge is 0.160 e. The van der Waals surface area contributed by atoms with E-state index in [2.05, 4.69) is 17.1 Å². The Hall–Kier alpha value is -3.15. The molecule has 3 heterocycles. The second-order valence-electron chi connectivity index (χ2n) is 5.45. The first-order valence-electron chi connectivity index (χ1n) is 7.33. The average Bonchev–Trinajstić information content (AvgIpc) is 3.22. The molecule has 5 rings (SSSR count). The summed E-state index contributed by atoms with van der Waals surface area (Å²) in [6.07, 6.45) is 3.61. The molecule has 0 fully saturated rings. The molecule has 2 aromatic carbocycles. The number of hydrogen-bond acceptors (Lipinski definition) is 4. The lowest BCUT2D eigenvalue weighted by atomic mass is 10.1. The van der Waals surface area contributed by atoms with Crippen LogP contribution in [-0.2, 0) is 0 Å². The van der Waals surface area contributed by atoms with E-state index in [1.807, 2.05) is 32.9 Å². The predicted molar refractivity (Wildman–Crippen MR) is 86.3 cm³/mol. The van der Waals surface area contributed by atoms with Crippen LogP contribution in [0.5, 0.6) is 0 Å². The van der Waals surface area contributed by atoms with Crippen molar-refractivity contribution in [1.29, 1.82) is 0 Å². The van der Waals surface area contributed by atoms with Gasteiger partial charge in [-0.15, -0.1) is 0 Å². The molecule has 112 valence electrons. The van der Waals surface area contributed by atoms with Crippen molar-refractivity contribution in [3.05, 3.63) is 72.4 Å². The number of para-hydroxylation sites is 1. The Morgan fingerprint density at radius 1 is 1.00 bits per heavy atom. The SMILES string of the molecule is Fc1ccc(N2CN=C3c4ccccc4-n4cncc4N32)cc1. The molecule has 2 aliphatic rings. The minimum atomic E-state index is -0.247. The van der Waals surface area contributed by atoms with E-state index < -0.39 is 0 Å². The molecule has 0 radical (unpaired) electrons. The second kappa shape index (κ2) is 4.42. The molecule has 1 aromatic heterocycles. The Balaban J connectivity index is 1.68. The molecule has 0 saturated carbocycles. The van der Waals surface area contributed by atoms with Gasteiger partial charge in [0.2, 0.25) is 0 Å². The number of imidazole rings is 1. The third kappa shape index (κ3) is 1.66. The largest absolute Gasteiger partial charge is 0.283 e. The minimum Gasteiger partial charge on any atom is -0.283 e. The molecule has 0 spiro atoms. The summed E-state index contributed by atoms with van der Waals surface area (Å²) in [5.74, 6) is 1.56. The number of nitrogens with zero attached hydrogens (tertiary/aromatic N) is 5. The van der Waals surface area contributed by atoms with Crippen LogP contribution in [0.3, 0.4) is 0 Å². The third-order valence-corrected chi connectivity index (χ3v) is 4.16. The quantitative estimate of drug-likeness (QED) is 0.693. The number of benzene rings is 2. The molecule has 0 saturated heterocycles. The second-order valence-corrected chi connectivity index (χ2v) is 5.45. The number of aliphatic imine (C=N–C) groups is 1. The van der Waals surface area contributed by atoms with Crippen molar-refractivity contribution in [3.63, 3.8) is 0 Å². The fourth-order valence-corrected chi connectivity index (χ4v) is 3.12. The fraction of sp³-hybridized carbons (Fsp3) is 0.0588. The Morgan fingerprint density at radius 2 is 1.83 bits per heavy atom. The molecular formula is C17H12FN5. The lowest BCUT2D eigenvalue weighted by Crippen LogP contribution is -2.45. The lowest BCUT2D eigenvalue weighted by Gasteiger charge is -2.35. The lowest BCUT2D eigenvalue weighted by molar-refractivity contribution is 0.627. The molecule has 6 heteroatoms. The van der Waals surface area contributed by atoms with E-state index in [9.17, 15) is 4.39 Å². The van der Waals surface area contributed by atoms with E-state index in [0.717, 1.165) is 28.6 Å². The van der Waals surface area contributed by atoms with Crippen LogP contribution in [0, 0.1) is 5.82 Å². The number of halogens is 1. The highest BCUT2D eigenvalue weighted by atomic mass is 19.1. The van der Waals surface area contributed by atoms with Gasteiger partial charge in [0, 0.05) is 5.56 Å². The van der Waals surface area contributed by atoms with Gasteiger partial charge in [-0.05, 0) is 36.4 Å². The van der Waals surface area contributed by atoms with Crippen LogP contribution in [0.15, 0.2) is 66.0 Å². The molecule has 0 unspecified atom stereocenters. The predicted octanol–water partition coefficient (Wildman–Crippen LogP) is 2.97. The molecule has 23 heavy (non-hydrogen) atoms. The number of rotatable bonds is 1. The summed E-state index contributed by atoms with van der Waals surface area (Å²) in [6, 6.07) is 14.6. The highest BCUT2D eigenvalue weighted by Gasteiger charge is 2.35. The van der Waals surface area contributed by atoms with Gasteiger partial charge in [-0.3, -0.25) is 9.58 Å². The average molecular weight is 305 g/mol. The summed E-state index contributed by atoms with van der Waals surface area (Å²) >= 11 is 0. The number of aromatic nitrogens is 2. The number of anilines is 2. The Kier molecular flexibility index (Phi) is 2.38. The van der Waals surface area contributed by atoms with Crippen LogP contribution in [0.1, 0.15) is 5.56 Å². The number of hydrogen-bond donors (Lipinski definition) is 0. The van der Waals surface area contributed by atoms with Gasteiger partial charge < -0.3 is 0 Å². The Morgan fingerprint density at radius 3 is 2.70 bits per heavy atom. The van der Waals surface area contributed by atoms with Gasteiger partial charge in [0.15, 0.2) is 11.7 Å². The molecule has 0 aliphatic carbocycles. The van der Waals surface area contributed by atoms with Crippen molar-refractivity contribution in [3.8, 4) is 5.69 Å². The first kappa shape index (κ1) is 12.4. The monoisotopic (exact) mass is 305 g/mol. The molecule has 0 N–H and O–H groups in total. The first-order valence-corrected chi connectivity index (χ1v) is 7.33. The highest BCUT2D eigenvalue weighted by molar-refractivity contribution is 6.16. The van der Waals surface area contributed by atoms with E-state index in [0.29, 0.717) is 6.67 Å². The molecule has 0 bridgehead atoms. The van der Waals surface area contributed by atoms with Crippen molar-refractivity contribution in [2.75, 3.05) is 16.7 Å². The van der Waals surface area contributed by atoms with Crippen molar-refractivity contribution in [2.24, 2.45) is 4.99 Å². The first-order chi connectivity index (χ1) is 11.3. The van der Waals surface area contributed by atoms with Crippen molar-refractivity contribution in [2.45, 2.75) is 0 Å². The van der Waals surface area contributed by atoms with E-state index in [1.165, 1.54) is 12.1 Å². The summed E-state index contributed by atoms with van der Waals surface area (Å²) in [4.78, 5) is 8.98. The number of hydrazine groups is 1. The van der Waals surface area contributed by atoms with Gasteiger partial charge in [-0.1, -0.05) is 12.1 Å². The van der Waals surface area contributed by atoms with E-state index in [4.69, 9.17) is 4.99 Å². The molecule has 2 aliphatic heterocycles. The van der Waals surface area contributed by atoms with Gasteiger partial charge >= 0.3 is 0 Å². The fourth-order valence-electron chi connectivity index (χ4n) is 3.12. The Labute approximate surface area is 131 Å². The van der Waals surface area contributed by atoms with Gasteiger partial charge in [-0.25, -0.2) is 19.4 Å². The van der Waals surface area contributed by atoms with Gasteiger partial charge in [-0.2, -0.15) is 0 Å². The van der Waals surface area contributed by atoms with E-state index in [1.54, 1.807) is 18.5 Å². The van der Waals surface area contributed by atoms with Crippen LogP contribution in [0.25, 0.3) is 5.69 Å². The van der Waals surface area contributed by atoms with Crippen LogP contribution in [0.2, 0.25) is 0 Å². The van der Waals surface area contributed by atoms with Gasteiger partial charge in [0.1, 0.15) is 18.8 Å². The van der Waals surface area contributed by atoms with Crippen molar-refractivity contribution >= 4 is 17.3 Å². The van der Waals surface area contributed by atoms with Gasteiger partial charge in [0.05, 0.1) is 17.6 Å². The highest BCUT2D eigenvalue weighted by Crippen LogP contribution is 2.35. The molecule has 3 aromatic rings. The number of amidine groups is 1. The molecule has 5 nitrogen and oxygen atoms in total. The van der Waals surface area contributed by atoms with E-state index >= 15 is 0 Å².